The Hall–Kier alpha value is -2.09. The first-order valence-corrected chi connectivity index (χ1v) is 11.1. The Bertz CT molecular complexity index is 1140. The summed E-state index contributed by atoms with van der Waals surface area (Å²) in [6.45, 7) is 4.11. The molecule has 0 unspecified atom stereocenters. The smallest absolute Gasteiger partial charge is 0.263 e. The molecule has 28 heavy (non-hydrogen) atoms. The minimum absolute atomic E-state index is 0.0432. The number of hydrogen-bond acceptors (Lipinski definition) is 5. The number of halogens is 1. The molecule has 1 amide bonds. The Morgan fingerprint density at radius 3 is 3.00 bits per heavy atom. The molecule has 0 saturated heterocycles. The second-order valence-corrected chi connectivity index (χ2v) is 8.89. The molecule has 1 aliphatic rings. The highest BCUT2D eigenvalue weighted by atomic mass is 35.5. The van der Waals surface area contributed by atoms with Crippen LogP contribution in [0, 0.1) is 0 Å². The van der Waals surface area contributed by atoms with Crippen LogP contribution in [0.2, 0.25) is 5.02 Å². The van der Waals surface area contributed by atoms with E-state index in [1.54, 1.807) is 40.2 Å². The van der Waals surface area contributed by atoms with Crippen LogP contribution in [-0.2, 0) is 24.2 Å². The largest absolute Gasteiger partial charge is 0.324 e. The number of fused-ring (bicyclic) bond motifs is 3. The van der Waals surface area contributed by atoms with Crippen molar-refractivity contribution in [2.24, 2.45) is 0 Å². The van der Waals surface area contributed by atoms with E-state index in [2.05, 4.69) is 11.9 Å². The van der Waals surface area contributed by atoms with E-state index in [4.69, 9.17) is 16.6 Å². The summed E-state index contributed by atoms with van der Waals surface area (Å²) in [5.74, 6) is -0.0722. The number of anilines is 1. The third-order valence-electron chi connectivity index (χ3n) is 4.58. The van der Waals surface area contributed by atoms with E-state index in [1.807, 2.05) is 6.07 Å². The van der Waals surface area contributed by atoms with Gasteiger partial charge >= 0.3 is 0 Å². The Labute approximate surface area is 175 Å². The predicted molar refractivity (Wildman–Crippen MR) is 117 cm³/mol. The molecule has 5 nitrogen and oxygen atoms in total. The maximum absolute atomic E-state index is 13.1. The van der Waals surface area contributed by atoms with E-state index < -0.39 is 0 Å². The minimum Gasteiger partial charge on any atom is -0.324 e. The molecular formula is C20H18ClN3O2S2. The van der Waals surface area contributed by atoms with Gasteiger partial charge in [0.05, 0.1) is 21.8 Å². The average molecular weight is 432 g/mol. The predicted octanol–water partition coefficient (Wildman–Crippen LogP) is 4.52. The van der Waals surface area contributed by atoms with E-state index in [0.29, 0.717) is 22.4 Å². The third kappa shape index (κ3) is 3.62. The van der Waals surface area contributed by atoms with Gasteiger partial charge in [0.1, 0.15) is 4.83 Å². The molecule has 2 aromatic heterocycles. The summed E-state index contributed by atoms with van der Waals surface area (Å²) >= 11 is 8.93. The lowest BCUT2D eigenvalue weighted by atomic mass is 10.2. The van der Waals surface area contributed by atoms with Gasteiger partial charge in [-0.05, 0) is 37.0 Å². The molecule has 1 aromatic carbocycles. The number of carbonyl (C=O) groups excluding carboxylic acids is 1. The van der Waals surface area contributed by atoms with E-state index in [-0.39, 0.29) is 17.2 Å². The maximum atomic E-state index is 13.1. The molecule has 3 aromatic rings. The lowest BCUT2D eigenvalue weighted by Gasteiger charge is -2.11. The number of nitrogens with one attached hydrogen (secondary N) is 1. The van der Waals surface area contributed by atoms with Crippen molar-refractivity contribution in [3.63, 3.8) is 0 Å². The number of hydrogen-bond donors (Lipinski definition) is 1. The number of allylic oxidation sites excluding steroid dienone is 1. The van der Waals surface area contributed by atoms with E-state index >= 15 is 0 Å². The van der Waals surface area contributed by atoms with Crippen LogP contribution in [-0.4, -0.2) is 21.2 Å². The van der Waals surface area contributed by atoms with E-state index in [0.717, 1.165) is 35.0 Å². The van der Waals surface area contributed by atoms with Gasteiger partial charge in [-0.3, -0.25) is 14.2 Å². The SMILES string of the molecule is C=CCn1c(SCC(=O)Nc2ccccc2Cl)nc2sc3c(c2c1=O)CCC3. The minimum atomic E-state index is -0.203. The maximum Gasteiger partial charge on any atom is 0.263 e. The number of thioether (sulfide) groups is 1. The second-order valence-electron chi connectivity index (χ2n) is 6.45. The van der Waals surface area contributed by atoms with Gasteiger partial charge in [-0.1, -0.05) is 41.6 Å². The number of aromatic nitrogens is 2. The van der Waals surface area contributed by atoms with Crippen LogP contribution in [0.4, 0.5) is 5.69 Å². The molecule has 0 aliphatic heterocycles. The number of thiophene rings is 1. The fraction of sp³-hybridized carbons (Fsp3) is 0.250. The van der Waals surface area contributed by atoms with Gasteiger partial charge < -0.3 is 5.32 Å². The van der Waals surface area contributed by atoms with E-state index in [9.17, 15) is 9.59 Å². The van der Waals surface area contributed by atoms with Crippen LogP contribution in [0.25, 0.3) is 10.2 Å². The molecule has 0 fully saturated rings. The summed E-state index contributed by atoms with van der Waals surface area (Å²) in [6, 6.07) is 7.08. The summed E-state index contributed by atoms with van der Waals surface area (Å²) in [5.41, 5.74) is 1.68. The third-order valence-corrected chi connectivity index (χ3v) is 7.07. The number of benzene rings is 1. The molecule has 1 N–H and O–H groups in total. The lowest BCUT2D eigenvalue weighted by molar-refractivity contribution is -0.113. The quantitative estimate of drug-likeness (QED) is 0.354. The first kappa shape index (κ1) is 19.2. The fourth-order valence-electron chi connectivity index (χ4n) is 3.34. The molecule has 0 saturated carbocycles. The van der Waals surface area contributed by atoms with Crippen molar-refractivity contribution in [3.8, 4) is 0 Å². The zero-order chi connectivity index (χ0) is 19.7. The summed E-state index contributed by atoms with van der Waals surface area (Å²) < 4.78 is 1.61. The molecule has 8 heteroatoms. The van der Waals surface area contributed by atoms with Crippen molar-refractivity contribution in [1.29, 1.82) is 0 Å². The summed E-state index contributed by atoms with van der Waals surface area (Å²) in [4.78, 5) is 32.2. The Kier molecular flexibility index (Phi) is 5.57. The van der Waals surface area contributed by atoms with Crippen molar-refractivity contribution in [3.05, 3.63) is 62.7 Å². The van der Waals surface area contributed by atoms with Gasteiger partial charge in [0.15, 0.2) is 5.16 Å². The first-order valence-electron chi connectivity index (χ1n) is 8.91. The number of carbonyl (C=O) groups is 1. The van der Waals surface area contributed by atoms with E-state index in [1.165, 1.54) is 16.6 Å². The van der Waals surface area contributed by atoms with Crippen LogP contribution in [0.15, 0.2) is 46.9 Å². The van der Waals surface area contributed by atoms with Crippen LogP contribution in [0.5, 0.6) is 0 Å². The topological polar surface area (TPSA) is 64.0 Å². The van der Waals surface area contributed by atoms with Crippen LogP contribution in [0.1, 0.15) is 16.9 Å². The Morgan fingerprint density at radius 1 is 1.39 bits per heavy atom. The highest BCUT2D eigenvalue weighted by Crippen LogP contribution is 2.35. The van der Waals surface area contributed by atoms with Crippen LogP contribution in [0.3, 0.4) is 0 Å². The van der Waals surface area contributed by atoms with Gasteiger partial charge in [-0.15, -0.1) is 17.9 Å². The standard InChI is InChI=1S/C20H18ClN3O2S2/c1-2-10-24-19(26)17-12-6-5-9-15(12)28-18(17)23-20(24)27-11-16(25)22-14-8-4-3-7-13(14)21/h2-4,7-8H,1,5-6,9-11H2,(H,22,25). The van der Waals surface area contributed by atoms with Crippen molar-refractivity contribution in [2.45, 2.75) is 31.0 Å². The van der Waals surface area contributed by atoms with Crippen LogP contribution < -0.4 is 10.9 Å². The first-order chi connectivity index (χ1) is 13.6. The molecule has 2 heterocycles. The lowest BCUT2D eigenvalue weighted by Crippen LogP contribution is -2.24. The second kappa shape index (κ2) is 8.11. The zero-order valence-electron chi connectivity index (χ0n) is 15.0. The van der Waals surface area contributed by atoms with Gasteiger partial charge in [-0.2, -0.15) is 0 Å². The number of rotatable bonds is 6. The summed E-state index contributed by atoms with van der Waals surface area (Å²) in [6.07, 6.45) is 4.72. The number of amides is 1. The Morgan fingerprint density at radius 2 is 2.21 bits per heavy atom. The normalized spacial score (nSPS) is 12.9. The number of nitrogens with zero attached hydrogens (tertiary/aromatic N) is 2. The van der Waals surface area contributed by atoms with Gasteiger partial charge in [-0.25, -0.2) is 4.98 Å². The molecule has 0 atom stereocenters. The molecule has 1 aliphatic carbocycles. The van der Waals surface area contributed by atoms with Crippen molar-refractivity contribution in [1.82, 2.24) is 9.55 Å². The molecule has 0 spiro atoms. The summed E-state index contributed by atoms with van der Waals surface area (Å²) in [7, 11) is 0. The van der Waals surface area contributed by atoms with Crippen molar-refractivity contribution < 1.29 is 4.79 Å². The Balaban J connectivity index is 1.60. The van der Waals surface area contributed by atoms with Gasteiger partial charge in [0.2, 0.25) is 5.91 Å². The average Bonchev–Trinajstić information content (AvgIpc) is 3.25. The summed E-state index contributed by atoms with van der Waals surface area (Å²) in [5, 5.41) is 4.55. The number of aryl methyl sites for hydroxylation is 2. The molecular weight excluding hydrogens is 414 g/mol. The van der Waals surface area contributed by atoms with Crippen LogP contribution >= 0.6 is 34.7 Å². The fourth-order valence-corrected chi connectivity index (χ4v) is 5.63. The zero-order valence-corrected chi connectivity index (χ0v) is 17.4. The van der Waals surface area contributed by atoms with Crippen molar-refractivity contribution in [2.75, 3.05) is 11.1 Å². The molecule has 144 valence electrons. The highest BCUT2D eigenvalue weighted by molar-refractivity contribution is 7.99. The van der Waals surface area contributed by atoms with Crippen molar-refractivity contribution >= 4 is 56.5 Å². The van der Waals surface area contributed by atoms with Gasteiger partial charge in [0, 0.05) is 11.4 Å². The molecule has 0 bridgehead atoms. The number of para-hydroxylation sites is 1. The molecule has 4 rings (SSSR count). The van der Waals surface area contributed by atoms with Gasteiger partial charge in [0.25, 0.3) is 5.56 Å². The monoisotopic (exact) mass is 431 g/mol. The molecule has 0 radical (unpaired) electrons. The highest BCUT2D eigenvalue weighted by Gasteiger charge is 2.23.